The first-order chi connectivity index (χ1) is 14.2. The molecule has 29 heavy (non-hydrogen) atoms. The van der Waals surface area contributed by atoms with E-state index in [1.807, 2.05) is 48.5 Å². The summed E-state index contributed by atoms with van der Waals surface area (Å²) in [5.41, 5.74) is 3.29. The van der Waals surface area contributed by atoms with Gasteiger partial charge in [0.2, 0.25) is 5.91 Å². The average molecular weight is 384 g/mol. The number of amides is 2. The number of pyridine rings is 1. The first-order valence-electron chi connectivity index (χ1n) is 9.17. The van der Waals surface area contributed by atoms with E-state index in [9.17, 15) is 9.59 Å². The molecule has 1 atom stereocenters. The summed E-state index contributed by atoms with van der Waals surface area (Å²) < 4.78 is 0. The van der Waals surface area contributed by atoms with Gasteiger partial charge in [0, 0.05) is 24.4 Å². The van der Waals surface area contributed by atoms with Crippen LogP contribution in [-0.4, -0.2) is 29.4 Å². The molecule has 0 saturated heterocycles. The lowest BCUT2D eigenvalue weighted by molar-refractivity contribution is -0.122. The van der Waals surface area contributed by atoms with Crippen LogP contribution in [0.1, 0.15) is 15.9 Å². The lowest BCUT2D eigenvalue weighted by Crippen LogP contribution is -2.48. The molecule has 3 aromatic rings. The highest BCUT2D eigenvalue weighted by molar-refractivity contribution is 5.97. The van der Waals surface area contributed by atoms with E-state index in [2.05, 4.69) is 15.6 Å². The van der Waals surface area contributed by atoms with Crippen LogP contribution in [0.25, 0.3) is 11.1 Å². The van der Waals surface area contributed by atoms with Crippen molar-refractivity contribution in [3.05, 3.63) is 90.3 Å². The highest BCUT2D eigenvalue weighted by Gasteiger charge is 2.22. The number of nitrogens with one attached hydrogen (secondary N) is 2. The number of hydrogen-bond acceptors (Lipinski definition) is 4. The van der Waals surface area contributed by atoms with Crippen LogP contribution in [0.2, 0.25) is 0 Å². The van der Waals surface area contributed by atoms with Crippen molar-refractivity contribution in [1.82, 2.24) is 15.6 Å². The molecule has 0 saturated carbocycles. The van der Waals surface area contributed by atoms with Crippen molar-refractivity contribution >= 4 is 11.8 Å². The SMILES string of the molecule is N#CCNC(=O)C(Cc1cccc(-c2cccnc2)c1)NC(=O)c1ccccc1. The van der Waals surface area contributed by atoms with E-state index in [0.29, 0.717) is 12.0 Å². The number of carbonyl (C=O) groups is 2. The van der Waals surface area contributed by atoms with Gasteiger partial charge in [0.05, 0.1) is 6.07 Å². The summed E-state index contributed by atoms with van der Waals surface area (Å²) in [5.74, 6) is -0.742. The fourth-order valence-electron chi connectivity index (χ4n) is 2.94. The van der Waals surface area contributed by atoms with Gasteiger partial charge in [-0.25, -0.2) is 0 Å². The third-order valence-electron chi connectivity index (χ3n) is 4.36. The van der Waals surface area contributed by atoms with Crippen LogP contribution in [0.4, 0.5) is 0 Å². The third-order valence-corrected chi connectivity index (χ3v) is 4.36. The molecule has 0 aliphatic rings. The zero-order valence-corrected chi connectivity index (χ0v) is 15.7. The summed E-state index contributed by atoms with van der Waals surface area (Å²) in [6, 6.07) is 21.3. The second-order valence-corrected chi connectivity index (χ2v) is 6.41. The van der Waals surface area contributed by atoms with Gasteiger partial charge in [0.25, 0.3) is 5.91 Å². The molecule has 3 rings (SSSR count). The molecule has 6 heteroatoms. The average Bonchev–Trinajstić information content (AvgIpc) is 2.78. The Balaban J connectivity index is 1.80. The van der Waals surface area contributed by atoms with Gasteiger partial charge >= 0.3 is 0 Å². The van der Waals surface area contributed by atoms with E-state index in [1.54, 1.807) is 36.7 Å². The van der Waals surface area contributed by atoms with Crippen LogP contribution in [0.15, 0.2) is 79.1 Å². The predicted molar refractivity (Wildman–Crippen MR) is 110 cm³/mol. The van der Waals surface area contributed by atoms with Crippen LogP contribution < -0.4 is 10.6 Å². The van der Waals surface area contributed by atoms with Crippen LogP contribution >= 0.6 is 0 Å². The summed E-state index contributed by atoms with van der Waals surface area (Å²) in [5, 5.41) is 14.1. The second-order valence-electron chi connectivity index (χ2n) is 6.41. The molecule has 6 nitrogen and oxygen atoms in total. The minimum atomic E-state index is -0.805. The van der Waals surface area contributed by atoms with E-state index in [0.717, 1.165) is 16.7 Å². The summed E-state index contributed by atoms with van der Waals surface area (Å²) in [4.78, 5) is 29.2. The first-order valence-corrected chi connectivity index (χ1v) is 9.17. The molecule has 0 fully saturated rings. The lowest BCUT2D eigenvalue weighted by atomic mass is 9.99. The summed E-state index contributed by atoms with van der Waals surface area (Å²) in [6.45, 7) is -0.119. The van der Waals surface area contributed by atoms with Crippen molar-refractivity contribution in [1.29, 1.82) is 5.26 Å². The Hall–Kier alpha value is -3.98. The standard InChI is InChI=1S/C23H20N4O2/c24-11-13-26-23(29)21(27-22(28)18-7-2-1-3-8-18)15-17-6-4-9-19(14-17)20-10-5-12-25-16-20/h1-10,12,14,16,21H,13,15H2,(H,26,29)(H,27,28). The first kappa shape index (κ1) is 19.8. The van der Waals surface area contributed by atoms with Gasteiger partial charge in [-0.15, -0.1) is 0 Å². The molecule has 1 aromatic heterocycles. The topological polar surface area (TPSA) is 94.9 Å². The fraction of sp³-hybridized carbons (Fsp3) is 0.130. The Kier molecular flexibility index (Phi) is 6.69. The highest BCUT2D eigenvalue weighted by atomic mass is 16.2. The minimum Gasteiger partial charge on any atom is -0.341 e. The smallest absolute Gasteiger partial charge is 0.251 e. The van der Waals surface area contributed by atoms with Crippen molar-refractivity contribution in [3.63, 3.8) is 0 Å². The zero-order valence-electron chi connectivity index (χ0n) is 15.7. The molecule has 1 unspecified atom stereocenters. The summed E-state index contributed by atoms with van der Waals surface area (Å²) in [6.07, 6.45) is 3.78. The monoisotopic (exact) mass is 384 g/mol. The number of carbonyl (C=O) groups excluding carboxylic acids is 2. The van der Waals surface area contributed by atoms with Gasteiger partial charge in [-0.1, -0.05) is 48.5 Å². The quantitative estimate of drug-likeness (QED) is 0.613. The molecule has 0 aliphatic heterocycles. The molecule has 0 bridgehead atoms. The van der Waals surface area contributed by atoms with Crippen LogP contribution in [0, 0.1) is 11.3 Å². The molecule has 1 heterocycles. The van der Waals surface area contributed by atoms with Crippen molar-refractivity contribution in [2.24, 2.45) is 0 Å². The fourth-order valence-corrected chi connectivity index (χ4v) is 2.94. The molecule has 0 aliphatic carbocycles. The van der Waals surface area contributed by atoms with Gasteiger partial charge < -0.3 is 10.6 Å². The number of nitriles is 1. The predicted octanol–water partition coefficient (Wildman–Crippen LogP) is 2.73. The van der Waals surface area contributed by atoms with Gasteiger partial charge in [0.15, 0.2) is 0 Å². The zero-order chi connectivity index (χ0) is 20.5. The molecule has 0 radical (unpaired) electrons. The summed E-state index contributed by atoms with van der Waals surface area (Å²) >= 11 is 0. The minimum absolute atomic E-state index is 0.119. The maximum absolute atomic E-state index is 12.5. The maximum Gasteiger partial charge on any atom is 0.251 e. The van der Waals surface area contributed by atoms with Gasteiger partial charge in [-0.05, 0) is 34.9 Å². The molecule has 2 aromatic carbocycles. The second kappa shape index (κ2) is 9.81. The Morgan fingerprint density at radius 1 is 1.00 bits per heavy atom. The molecule has 2 amide bonds. The van der Waals surface area contributed by atoms with Crippen LogP contribution in [0.5, 0.6) is 0 Å². The Bertz CT molecular complexity index is 1010. The summed E-state index contributed by atoms with van der Waals surface area (Å²) in [7, 11) is 0. The number of aromatic nitrogens is 1. The van der Waals surface area contributed by atoms with Crippen molar-refractivity contribution in [2.75, 3.05) is 6.54 Å². The van der Waals surface area contributed by atoms with E-state index in [4.69, 9.17) is 5.26 Å². The van der Waals surface area contributed by atoms with Gasteiger partial charge in [0.1, 0.15) is 12.6 Å². The van der Waals surface area contributed by atoms with Crippen LogP contribution in [0.3, 0.4) is 0 Å². The Morgan fingerprint density at radius 3 is 2.52 bits per heavy atom. The maximum atomic E-state index is 12.5. The number of benzene rings is 2. The van der Waals surface area contributed by atoms with Crippen LogP contribution in [-0.2, 0) is 11.2 Å². The molecule has 144 valence electrons. The number of hydrogen-bond donors (Lipinski definition) is 2. The largest absolute Gasteiger partial charge is 0.341 e. The lowest BCUT2D eigenvalue weighted by Gasteiger charge is -2.18. The molecule has 2 N–H and O–H groups in total. The van der Waals surface area contributed by atoms with Gasteiger partial charge in [-0.2, -0.15) is 5.26 Å². The third kappa shape index (κ3) is 5.50. The number of rotatable bonds is 7. The van der Waals surface area contributed by atoms with E-state index < -0.39 is 11.9 Å². The Labute approximate surface area is 169 Å². The number of nitrogens with zero attached hydrogens (tertiary/aromatic N) is 2. The van der Waals surface area contributed by atoms with Gasteiger partial charge in [-0.3, -0.25) is 14.6 Å². The molecule has 0 spiro atoms. The Morgan fingerprint density at radius 2 is 1.79 bits per heavy atom. The van der Waals surface area contributed by atoms with Crippen molar-refractivity contribution in [3.8, 4) is 17.2 Å². The molecular weight excluding hydrogens is 364 g/mol. The van der Waals surface area contributed by atoms with E-state index in [1.165, 1.54) is 0 Å². The normalized spacial score (nSPS) is 11.1. The van der Waals surface area contributed by atoms with E-state index >= 15 is 0 Å². The van der Waals surface area contributed by atoms with E-state index in [-0.39, 0.29) is 12.5 Å². The van der Waals surface area contributed by atoms with Crippen molar-refractivity contribution in [2.45, 2.75) is 12.5 Å². The molecular formula is C23H20N4O2. The highest BCUT2D eigenvalue weighted by Crippen LogP contribution is 2.20. The van der Waals surface area contributed by atoms with Crippen molar-refractivity contribution < 1.29 is 9.59 Å².